The Morgan fingerprint density at radius 3 is 2.42 bits per heavy atom. The number of nitrogens with one attached hydrogen (secondary N) is 2. The first-order valence-electron chi connectivity index (χ1n) is 5.72. The smallest absolute Gasteiger partial charge is 0.321 e. The Bertz CT molecular complexity index is 529. The lowest BCUT2D eigenvalue weighted by atomic mass is 10.3. The van der Waals surface area contributed by atoms with Crippen LogP contribution in [0.3, 0.4) is 0 Å². The van der Waals surface area contributed by atoms with Gasteiger partial charge in [-0.2, -0.15) is 0 Å². The molecule has 0 saturated carbocycles. The van der Waals surface area contributed by atoms with E-state index in [1.54, 1.807) is 0 Å². The molecule has 2 aromatic rings. The first-order chi connectivity index (χ1) is 9.24. The predicted octanol–water partition coefficient (Wildman–Crippen LogP) is 3.61. The van der Waals surface area contributed by atoms with Gasteiger partial charge in [0, 0.05) is 10.2 Å². The number of amides is 2. The van der Waals surface area contributed by atoms with Crippen LogP contribution in [0.25, 0.3) is 0 Å². The van der Waals surface area contributed by atoms with Crippen molar-refractivity contribution < 1.29 is 9.53 Å². The number of hydrogen-bond donors (Lipinski definition) is 2. The molecule has 0 aromatic heterocycles. The number of urea groups is 1. The van der Waals surface area contributed by atoms with Crippen LogP contribution in [0.2, 0.25) is 0 Å². The van der Waals surface area contributed by atoms with E-state index in [0.717, 1.165) is 10.2 Å². The van der Waals surface area contributed by atoms with Crippen molar-refractivity contribution in [1.29, 1.82) is 0 Å². The Morgan fingerprint density at radius 2 is 1.74 bits per heavy atom. The standard InChI is InChI=1S/C14H13BrN2O2/c15-11-6-8-12(9-7-11)17-14(18)16-10-19-13-4-2-1-3-5-13/h1-9H,10H2,(H2,16,17,18). The molecule has 0 aliphatic heterocycles. The lowest BCUT2D eigenvalue weighted by molar-refractivity contribution is 0.234. The van der Waals surface area contributed by atoms with Crippen molar-refractivity contribution in [3.63, 3.8) is 0 Å². The third kappa shape index (κ3) is 4.63. The van der Waals surface area contributed by atoms with Crippen LogP contribution in [0.15, 0.2) is 59.1 Å². The molecule has 98 valence electrons. The Labute approximate surface area is 119 Å². The average molecular weight is 321 g/mol. The van der Waals surface area contributed by atoms with Gasteiger partial charge in [-0.25, -0.2) is 4.79 Å². The second-order valence-corrected chi connectivity index (χ2v) is 4.66. The summed E-state index contributed by atoms with van der Waals surface area (Å²) in [5.74, 6) is 0.714. The van der Waals surface area contributed by atoms with Crippen LogP contribution in [0.4, 0.5) is 10.5 Å². The maximum Gasteiger partial charge on any atom is 0.321 e. The number of halogens is 1. The molecule has 0 bridgehead atoms. The summed E-state index contributed by atoms with van der Waals surface area (Å²) in [6, 6.07) is 16.3. The van der Waals surface area contributed by atoms with Gasteiger partial charge < -0.3 is 15.4 Å². The van der Waals surface area contributed by atoms with Crippen LogP contribution in [0, 0.1) is 0 Å². The Morgan fingerprint density at radius 1 is 1.05 bits per heavy atom. The van der Waals surface area contributed by atoms with Gasteiger partial charge in [0.05, 0.1) is 0 Å². The normalized spacial score (nSPS) is 9.74. The van der Waals surface area contributed by atoms with Gasteiger partial charge in [-0.3, -0.25) is 0 Å². The Balaban J connectivity index is 1.74. The van der Waals surface area contributed by atoms with Crippen molar-refractivity contribution in [2.45, 2.75) is 0 Å². The molecule has 0 saturated heterocycles. The van der Waals surface area contributed by atoms with E-state index in [1.165, 1.54) is 0 Å². The molecule has 0 radical (unpaired) electrons. The molecule has 0 aliphatic carbocycles. The second-order valence-electron chi connectivity index (χ2n) is 3.74. The summed E-state index contributed by atoms with van der Waals surface area (Å²) in [5.41, 5.74) is 0.723. The van der Waals surface area contributed by atoms with Crippen molar-refractivity contribution in [3.05, 3.63) is 59.1 Å². The molecular formula is C14H13BrN2O2. The Hall–Kier alpha value is -2.01. The maximum atomic E-state index is 11.6. The third-order valence-electron chi connectivity index (χ3n) is 2.32. The van der Waals surface area contributed by atoms with Gasteiger partial charge in [0.1, 0.15) is 5.75 Å². The van der Waals surface area contributed by atoms with E-state index in [0.29, 0.717) is 5.75 Å². The number of rotatable bonds is 4. The van der Waals surface area contributed by atoms with E-state index in [-0.39, 0.29) is 12.8 Å². The number of para-hydroxylation sites is 1. The molecule has 0 atom stereocenters. The molecule has 0 spiro atoms. The van der Waals surface area contributed by atoms with E-state index in [2.05, 4.69) is 26.6 Å². The average Bonchev–Trinajstić information content (AvgIpc) is 2.43. The lowest BCUT2D eigenvalue weighted by Crippen LogP contribution is -2.31. The van der Waals surface area contributed by atoms with E-state index in [1.807, 2.05) is 54.6 Å². The summed E-state index contributed by atoms with van der Waals surface area (Å²) in [4.78, 5) is 11.6. The summed E-state index contributed by atoms with van der Waals surface area (Å²) in [7, 11) is 0. The third-order valence-corrected chi connectivity index (χ3v) is 2.85. The summed E-state index contributed by atoms with van der Waals surface area (Å²) >= 11 is 3.33. The van der Waals surface area contributed by atoms with Crippen molar-refractivity contribution in [2.24, 2.45) is 0 Å². The van der Waals surface area contributed by atoms with Gasteiger partial charge in [-0.15, -0.1) is 0 Å². The lowest BCUT2D eigenvalue weighted by Gasteiger charge is -2.09. The summed E-state index contributed by atoms with van der Waals surface area (Å²) in [5, 5.41) is 5.31. The number of anilines is 1. The van der Waals surface area contributed by atoms with E-state index in [4.69, 9.17) is 4.74 Å². The highest BCUT2D eigenvalue weighted by Crippen LogP contribution is 2.13. The highest BCUT2D eigenvalue weighted by atomic mass is 79.9. The van der Waals surface area contributed by atoms with Gasteiger partial charge in [-0.1, -0.05) is 34.1 Å². The molecule has 0 fully saturated rings. The molecule has 2 amide bonds. The highest BCUT2D eigenvalue weighted by molar-refractivity contribution is 9.10. The van der Waals surface area contributed by atoms with Gasteiger partial charge in [0.15, 0.2) is 6.73 Å². The van der Waals surface area contributed by atoms with Crippen LogP contribution in [0.1, 0.15) is 0 Å². The zero-order valence-electron chi connectivity index (χ0n) is 10.1. The van der Waals surface area contributed by atoms with Crippen molar-refractivity contribution in [2.75, 3.05) is 12.0 Å². The second kappa shape index (κ2) is 6.80. The molecule has 0 heterocycles. The fraction of sp³-hybridized carbons (Fsp3) is 0.0714. The van der Waals surface area contributed by atoms with E-state index in [9.17, 15) is 4.79 Å². The maximum absolute atomic E-state index is 11.6. The van der Waals surface area contributed by atoms with Gasteiger partial charge in [-0.05, 0) is 36.4 Å². The minimum absolute atomic E-state index is 0.117. The van der Waals surface area contributed by atoms with Crippen molar-refractivity contribution in [1.82, 2.24) is 5.32 Å². The molecule has 5 heteroatoms. The van der Waals surface area contributed by atoms with Crippen LogP contribution in [0.5, 0.6) is 5.75 Å². The van der Waals surface area contributed by atoms with Crippen molar-refractivity contribution in [3.8, 4) is 5.75 Å². The first kappa shape index (κ1) is 13.4. The summed E-state index contributed by atoms with van der Waals surface area (Å²) in [6.07, 6.45) is 0. The van der Waals surface area contributed by atoms with Crippen LogP contribution in [-0.2, 0) is 0 Å². The fourth-order valence-corrected chi connectivity index (χ4v) is 1.67. The molecule has 0 aliphatic rings. The molecule has 2 rings (SSSR count). The topological polar surface area (TPSA) is 50.4 Å². The van der Waals surface area contributed by atoms with E-state index >= 15 is 0 Å². The number of ether oxygens (including phenoxy) is 1. The quantitative estimate of drug-likeness (QED) is 0.845. The number of carbonyl (C=O) groups is 1. The molecule has 0 unspecified atom stereocenters. The minimum atomic E-state index is -0.307. The number of hydrogen-bond acceptors (Lipinski definition) is 2. The number of carbonyl (C=O) groups excluding carboxylic acids is 1. The van der Waals surface area contributed by atoms with Crippen LogP contribution >= 0.6 is 15.9 Å². The molecular weight excluding hydrogens is 308 g/mol. The predicted molar refractivity (Wildman–Crippen MR) is 78.2 cm³/mol. The summed E-state index contributed by atoms with van der Waals surface area (Å²) < 4.78 is 6.32. The zero-order valence-corrected chi connectivity index (χ0v) is 11.7. The molecule has 2 aromatic carbocycles. The molecule has 4 nitrogen and oxygen atoms in total. The van der Waals surface area contributed by atoms with Gasteiger partial charge >= 0.3 is 6.03 Å². The van der Waals surface area contributed by atoms with E-state index < -0.39 is 0 Å². The largest absolute Gasteiger partial charge is 0.473 e. The highest BCUT2D eigenvalue weighted by Gasteiger charge is 2.00. The van der Waals surface area contributed by atoms with Crippen LogP contribution < -0.4 is 15.4 Å². The zero-order chi connectivity index (χ0) is 13.5. The molecule has 2 N–H and O–H groups in total. The van der Waals surface area contributed by atoms with Crippen molar-refractivity contribution >= 4 is 27.6 Å². The Kier molecular flexibility index (Phi) is 4.80. The SMILES string of the molecule is O=C(NCOc1ccccc1)Nc1ccc(Br)cc1. The summed E-state index contributed by atoms with van der Waals surface area (Å²) in [6.45, 7) is 0.117. The fourth-order valence-electron chi connectivity index (χ4n) is 1.41. The van der Waals surface area contributed by atoms with Gasteiger partial charge in [0.2, 0.25) is 0 Å². The van der Waals surface area contributed by atoms with Gasteiger partial charge in [0.25, 0.3) is 0 Å². The monoisotopic (exact) mass is 320 g/mol. The minimum Gasteiger partial charge on any atom is -0.473 e. The first-order valence-corrected chi connectivity index (χ1v) is 6.51. The molecule has 19 heavy (non-hydrogen) atoms. The van der Waals surface area contributed by atoms with Crippen LogP contribution in [-0.4, -0.2) is 12.8 Å². The number of benzene rings is 2.